The van der Waals surface area contributed by atoms with Crippen LogP contribution in [-0.2, 0) is 20.7 Å². The van der Waals surface area contributed by atoms with E-state index in [1.54, 1.807) is 0 Å². The van der Waals surface area contributed by atoms with Gasteiger partial charge in [-0.1, -0.05) is 95.0 Å². The summed E-state index contributed by atoms with van der Waals surface area (Å²) in [6.07, 6.45) is 12.8. The first-order chi connectivity index (χ1) is 13.7. The van der Waals surface area contributed by atoms with Crippen molar-refractivity contribution in [3.63, 3.8) is 0 Å². The van der Waals surface area contributed by atoms with Gasteiger partial charge in [-0.2, -0.15) is 0 Å². The minimum Gasteiger partial charge on any atom is -0.464 e. The van der Waals surface area contributed by atoms with Gasteiger partial charge in [-0.05, 0) is 12.0 Å². The van der Waals surface area contributed by atoms with Crippen LogP contribution in [0.4, 0.5) is 0 Å². The Bertz CT molecular complexity index is 540. The summed E-state index contributed by atoms with van der Waals surface area (Å²) in [5, 5.41) is 2.67. The van der Waals surface area contributed by atoms with E-state index in [1.165, 1.54) is 51.4 Å². The van der Waals surface area contributed by atoms with E-state index >= 15 is 0 Å². The van der Waals surface area contributed by atoms with Gasteiger partial charge in [0.15, 0.2) is 0 Å². The number of hydrogen-bond donors (Lipinski definition) is 2. The second kappa shape index (κ2) is 18.4. The molecule has 1 aromatic carbocycles. The molecule has 0 spiro atoms. The Kier molecular flexibility index (Phi) is 17.4. The minimum absolute atomic E-state index is 0. The van der Waals surface area contributed by atoms with Crippen molar-refractivity contribution in [3.05, 3.63) is 35.9 Å². The van der Waals surface area contributed by atoms with Crippen molar-refractivity contribution in [2.24, 2.45) is 5.73 Å². The molecule has 0 aromatic heterocycles. The zero-order chi connectivity index (χ0) is 20.5. The number of carbonyl (C=O) groups excluding carboxylic acids is 2. The molecule has 0 radical (unpaired) electrons. The molecule has 0 fully saturated rings. The molecule has 0 saturated carbocycles. The molecular weight excluding hydrogens is 388 g/mol. The smallest absolute Gasteiger partial charge is 0.328 e. The van der Waals surface area contributed by atoms with E-state index in [2.05, 4.69) is 12.2 Å². The Morgan fingerprint density at radius 3 is 2.03 bits per heavy atom. The number of hydrogen-bond acceptors (Lipinski definition) is 4. The van der Waals surface area contributed by atoms with Gasteiger partial charge in [0.05, 0.1) is 13.2 Å². The molecule has 6 heteroatoms. The Morgan fingerprint density at radius 2 is 1.48 bits per heavy atom. The predicted octanol–water partition coefficient (Wildman–Crippen LogP) is 4.56. The fourth-order valence-electron chi connectivity index (χ4n) is 3.16. The molecule has 1 rings (SSSR count). The highest BCUT2D eigenvalue weighted by Gasteiger charge is 2.22. The molecule has 3 N–H and O–H groups in total. The number of carbonyl (C=O) groups is 2. The molecule has 0 unspecified atom stereocenters. The Hall–Kier alpha value is -1.59. The molecule has 0 heterocycles. The van der Waals surface area contributed by atoms with Gasteiger partial charge in [-0.25, -0.2) is 4.79 Å². The van der Waals surface area contributed by atoms with Gasteiger partial charge >= 0.3 is 5.97 Å². The van der Waals surface area contributed by atoms with E-state index in [0.717, 1.165) is 18.4 Å². The van der Waals surface area contributed by atoms with Gasteiger partial charge in [0.2, 0.25) is 5.91 Å². The van der Waals surface area contributed by atoms with Gasteiger partial charge in [0.1, 0.15) is 6.04 Å². The molecule has 5 nitrogen and oxygen atoms in total. The highest BCUT2D eigenvalue weighted by molar-refractivity contribution is 5.85. The fourth-order valence-corrected chi connectivity index (χ4v) is 3.16. The van der Waals surface area contributed by atoms with Gasteiger partial charge in [-0.15, -0.1) is 12.4 Å². The first-order valence-electron chi connectivity index (χ1n) is 10.9. The van der Waals surface area contributed by atoms with Crippen LogP contribution < -0.4 is 11.1 Å². The molecule has 0 aliphatic carbocycles. The Morgan fingerprint density at radius 1 is 0.931 bits per heavy atom. The van der Waals surface area contributed by atoms with Crippen molar-refractivity contribution >= 4 is 24.3 Å². The largest absolute Gasteiger partial charge is 0.464 e. The first kappa shape index (κ1) is 27.4. The summed E-state index contributed by atoms with van der Waals surface area (Å²) in [6.45, 7) is 2.50. The average molecular weight is 427 g/mol. The maximum absolute atomic E-state index is 12.4. The van der Waals surface area contributed by atoms with Crippen LogP contribution in [0.25, 0.3) is 0 Å². The summed E-state index contributed by atoms with van der Waals surface area (Å²) in [5.41, 5.74) is 6.34. The summed E-state index contributed by atoms with van der Waals surface area (Å²) in [4.78, 5) is 24.0. The number of amides is 1. The number of benzene rings is 1. The van der Waals surface area contributed by atoms with Crippen LogP contribution >= 0.6 is 12.4 Å². The summed E-state index contributed by atoms with van der Waals surface area (Å²) in [7, 11) is 0. The predicted molar refractivity (Wildman–Crippen MR) is 121 cm³/mol. The quantitative estimate of drug-likeness (QED) is 0.300. The summed E-state index contributed by atoms with van der Waals surface area (Å²) in [6, 6.07) is 8.90. The molecule has 0 saturated heterocycles. The van der Waals surface area contributed by atoms with Crippen LogP contribution in [0.1, 0.15) is 76.7 Å². The average Bonchev–Trinajstić information content (AvgIpc) is 2.72. The van der Waals surface area contributed by atoms with Crippen molar-refractivity contribution in [2.75, 3.05) is 13.2 Å². The van der Waals surface area contributed by atoms with Crippen LogP contribution in [0, 0.1) is 0 Å². The molecule has 166 valence electrons. The van der Waals surface area contributed by atoms with Gasteiger partial charge in [0, 0.05) is 6.42 Å². The highest BCUT2D eigenvalue weighted by atomic mass is 35.5. The summed E-state index contributed by atoms with van der Waals surface area (Å²) >= 11 is 0. The van der Waals surface area contributed by atoms with E-state index in [4.69, 9.17) is 10.5 Å². The third-order valence-electron chi connectivity index (χ3n) is 4.83. The topological polar surface area (TPSA) is 81.4 Å². The summed E-state index contributed by atoms with van der Waals surface area (Å²) < 4.78 is 5.40. The third-order valence-corrected chi connectivity index (χ3v) is 4.83. The number of nitrogens with two attached hydrogens (primary N) is 1. The number of nitrogens with one attached hydrogen (secondary N) is 1. The van der Waals surface area contributed by atoms with Gasteiger partial charge in [0.25, 0.3) is 0 Å². The Labute approximate surface area is 182 Å². The number of ether oxygens (including phenoxy) is 1. The van der Waals surface area contributed by atoms with E-state index in [1.807, 2.05) is 30.3 Å². The molecule has 29 heavy (non-hydrogen) atoms. The second-order valence-electron chi connectivity index (χ2n) is 7.36. The second-order valence-corrected chi connectivity index (χ2v) is 7.36. The lowest BCUT2D eigenvalue weighted by Gasteiger charge is -2.17. The number of esters is 1. The standard InChI is InChI=1S/C23H38N2O3.ClH/c1-2-3-4-5-6-7-8-9-10-14-17-28-23(27)21(25-22(26)19-24)18-20-15-12-11-13-16-20;/h11-13,15-16,21H,2-10,14,17-19,24H2,1H3,(H,25,26);1H/t21-;/m0./s1. The van der Waals surface area contributed by atoms with Crippen molar-refractivity contribution in [3.8, 4) is 0 Å². The number of unbranched alkanes of at least 4 members (excludes halogenated alkanes) is 9. The molecule has 1 amide bonds. The first-order valence-corrected chi connectivity index (χ1v) is 10.9. The van der Waals surface area contributed by atoms with E-state index in [0.29, 0.717) is 13.0 Å². The monoisotopic (exact) mass is 426 g/mol. The highest BCUT2D eigenvalue weighted by Crippen LogP contribution is 2.11. The molecule has 0 bridgehead atoms. The molecule has 1 atom stereocenters. The molecular formula is C23H39ClN2O3. The maximum atomic E-state index is 12.4. The zero-order valence-corrected chi connectivity index (χ0v) is 18.7. The third kappa shape index (κ3) is 14.1. The lowest BCUT2D eigenvalue weighted by molar-refractivity contribution is -0.147. The van der Waals surface area contributed by atoms with Crippen molar-refractivity contribution in [1.82, 2.24) is 5.32 Å². The zero-order valence-electron chi connectivity index (χ0n) is 17.9. The van der Waals surface area contributed by atoms with E-state index in [9.17, 15) is 9.59 Å². The maximum Gasteiger partial charge on any atom is 0.328 e. The Balaban J connectivity index is 0.00000784. The molecule has 0 aliphatic heterocycles. The lowest BCUT2D eigenvalue weighted by atomic mass is 10.1. The summed E-state index contributed by atoms with van der Waals surface area (Å²) in [5.74, 6) is -0.738. The van der Waals surface area contributed by atoms with E-state index in [-0.39, 0.29) is 30.8 Å². The van der Waals surface area contributed by atoms with Crippen molar-refractivity contribution < 1.29 is 14.3 Å². The minimum atomic E-state index is -0.693. The van der Waals surface area contributed by atoms with Crippen LogP contribution in [0.15, 0.2) is 30.3 Å². The molecule has 1 aromatic rings. The van der Waals surface area contributed by atoms with E-state index < -0.39 is 6.04 Å². The van der Waals surface area contributed by atoms with Crippen LogP contribution in [0.5, 0.6) is 0 Å². The normalized spacial score (nSPS) is 11.4. The van der Waals surface area contributed by atoms with Crippen LogP contribution in [-0.4, -0.2) is 31.1 Å². The number of halogens is 1. The van der Waals surface area contributed by atoms with Gasteiger partial charge < -0.3 is 15.8 Å². The van der Waals surface area contributed by atoms with Crippen molar-refractivity contribution in [1.29, 1.82) is 0 Å². The van der Waals surface area contributed by atoms with Crippen molar-refractivity contribution in [2.45, 2.75) is 83.6 Å². The van der Waals surface area contributed by atoms with Crippen LogP contribution in [0.2, 0.25) is 0 Å². The SMILES string of the molecule is CCCCCCCCCCCCOC(=O)[C@H](Cc1ccccc1)NC(=O)CN.Cl. The van der Waals surface area contributed by atoms with Gasteiger partial charge in [-0.3, -0.25) is 4.79 Å². The van der Waals surface area contributed by atoms with Crippen LogP contribution in [0.3, 0.4) is 0 Å². The lowest BCUT2D eigenvalue weighted by Crippen LogP contribution is -2.45. The fraction of sp³-hybridized carbons (Fsp3) is 0.652. The number of rotatable bonds is 16. The molecule has 0 aliphatic rings.